The van der Waals surface area contributed by atoms with Crippen LogP contribution in [0, 0.1) is 5.41 Å². The molecule has 0 unspecified atom stereocenters. The zero-order valence-corrected chi connectivity index (χ0v) is 13.7. The van der Waals surface area contributed by atoms with Crippen LogP contribution in [0.4, 0.5) is 0 Å². The van der Waals surface area contributed by atoms with Gasteiger partial charge in [0.1, 0.15) is 0 Å². The Morgan fingerprint density at radius 3 is 2.86 bits per heavy atom. The van der Waals surface area contributed by atoms with Crippen molar-refractivity contribution in [2.24, 2.45) is 12.5 Å². The summed E-state index contributed by atoms with van der Waals surface area (Å²) in [4.78, 5) is 19.2. The van der Waals surface area contributed by atoms with Gasteiger partial charge < -0.3 is 14.2 Å². The second-order valence-corrected chi connectivity index (χ2v) is 7.01. The zero-order chi connectivity index (χ0) is 15.9. The minimum absolute atomic E-state index is 0.0253. The Balaban J connectivity index is 1.91. The first-order valence-electron chi connectivity index (χ1n) is 7.69. The highest BCUT2D eigenvalue weighted by molar-refractivity contribution is 6.05. The Morgan fingerprint density at radius 2 is 2.14 bits per heavy atom. The zero-order valence-electron chi connectivity index (χ0n) is 13.7. The molecule has 0 bridgehead atoms. The van der Waals surface area contributed by atoms with Gasteiger partial charge in [-0.15, -0.1) is 0 Å². The fourth-order valence-electron chi connectivity index (χ4n) is 2.91. The summed E-state index contributed by atoms with van der Waals surface area (Å²) in [6.07, 6.45) is 1.81. The van der Waals surface area contributed by atoms with Gasteiger partial charge in [-0.25, -0.2) is 4.98 Å². The van der Waals surface area contributed by atoms with Crippen molar-refractivity contribution in [1.82, 2.24) is 14.5 Å². The number of amides is 1. The molecule has 5 heteroatoms. The Morgan fingerprint density at radius 1 is 1.36 bits per heavy atom. The standard InChI is InChI=1S/C17H23N3O2/c1-17(2,3)14-10-20(8-9-22-14)16(21)12-6-5-7-13-15(12)19(4)11-18-13/h5-7,11,14H,8-10H2,1-4H3/t14-/m0/s1. The molecule has 1 aromatic heterocycles. The van der Waals surface area contributed by atoms with Crippen LogP contribution in [-0.4, -0.2) is 46.2 Å². The molecule has 0 spiro atoms. The first kappa shape index (κ1) is 15.0. The van der Waals surface area contributed by atoms with E-state index in [0.717, 1.165) is 11.0 Å². The molecule has 3 rings (SSSR count). The van der Waals surface area contributed by atoms with Gasteiger partial charge in [-0.3, -0.25) is 4.79 Å². The van der Waals surface area contributed by atoms with Crippen molar-refractivity contribution in [3.63, 3.8) is 0 Å². The molecule has 0 radical (unpaired) electrons. The van der Waals surface area contributed by atoms with Crippen molar-refractivity contribution in [3.05, 3.63) is 30.1 Å². The monoisotopic (exact) mass is 301 g/mol. The number of benzene rings is 1. The molecule has 0 N–H and O–H groups in total. The van der Waals surface area contributed by atoms with E-state index in [1.54, 1.807) is 6.33 Å². The number of aromatic nitrogens is 2. The minimum atomic E-state index is 0.0253. The first-order valence-corrected chi connectivity index (χ1v) is 7.69. The lowest BCUT2D eigenvalue weighted by atomic mass is 9.88. The lowest BCUT2D eigenvalue weighted by Crippen LogP contribution is -2.50. The van der Waals surface area contributed by atoms with Crippen LogP contribution in [0.3, 0.4) is 0 Å². The maximum Gasteiger partial charge on any atom is 0.256 e. The summed E-state index contributed by atoms with van der Waals surface area (Å²) in [5, 5.41) is 0. The quantitative estimate of drug-likeness (QED) is 0.813. The van der Waals surface area contributed by atoms with E-state index in [1.807, 2.05) is 34.7 Å². The van der Waals surface area contributed by atoms with Crippen molar-refractivity contribution >= 4 is 16.9 Å². The SMILES string of the molecule is Cn1cnc2cccc(C(=O)N3CCO[C@H](C(C)(C)C)C3)c21. The smallest absolute Gasteiger partial charge is 0.256 e. The third-order valence-electron chi connectivity index (χ3n) is 4.29. The van der Waals surface area contributed by atoms with Gasteiger partial charge in [-0.2, -0.15) is 0 Å². The Kier molecular flexibility index (Phi) is 3.68. The summed E-state index contributed by atoms with van der Waals surface area (Å²) >= 11 is 0. The van der Waals surface area contributed by atoms with Crippen LogP contribution in [0.1, 0.15) is 31.1 Å². The topological polar surface area (TPSA) is 47.4 Å². The molecule has 0 saturated carbocycles. The number of rotatable bonds is 1. The molecule has 1 aromatic carbocycles. The molecule has 1 atom stereocenters. The second kappa shape index (κ2) is 5.39. The predicted molar refractivity (Wildman–Crippen MR) is 85.8 cm³/mol. The van der Waals surface area contributed by atoms with E-state index >= 15 is 0 Å². The predicted octanol–water partition coefficient (Wildman–Crippen LogP) is 2.46. The van der Waals surface area contributed by atoms with Crippen LogP contribution >= 0.6 is 0 Å². The van der Waals surface area contributed by atoms with Crippen LogP contribution in [0.2, 0.25) is 0 Å². The van der Waals surface area contributed by atoms with E-state index in [-0.39, 0.29) is 17.4 Å². The van der Waals surface area contributed by atoms with Crippen LogP contribution < -0.4 is 0 Å². The summed E-state index contributed by atoms with van der Waals surface area (Å²) in [6, 6.07) is 5.71. The van der Waals surface area contributed by atoms with Gasteiger partial charge in [0.2, 0.25) is 0 Å². The molecule has 118 valence electrons. The largest absolute Gasteiger partial charge is 0.374 e. The molecular formula is C17H23N3O2. The number of nitrogens with zero attached hydrogens (tertiary/aromatic N) is 3. The van der Waals surface area contributed by atoms with E-state index in [1.165, 1.54) is 0 Å². The Labute approximate surface area is 130 Å². The summed E-state index contributed by atoms with van der Waals surface area (Å²) in [6.45, 7) is 8.31. The number of imidazole rings is 1. The van der Waals surface area contributed by atoms with Crippen molar-refractivity contribution in [2.45, 2.75) is 26.9 Å². The van der Waals surface area contributed by atoms with Crippen LogP contribution in [0.15, 0.2) is 24.5 Å². The van der Waals surface area contributed by atoms with Crippen LogP contribution in [0.25, 0.3) is 11.0 Å². The number of aryl methyl sites for hydroxylation is 1. The molecule has 2 aromatic rings. The number of hydrogen-bond acceptors (Lipinski definition) is 3. The average molecular weight is 301 g/mol. The molecule has 1 fully saturated rings. The molecule has 1 saturated heterocycles. The first-order chi connectivity index (χ1) is 10.4. The van der Waals surface area contributed by atoms with Gasteiger partial charge in [-0.05, 0) is 17.5 Å². The van der Waals surface area contributed by atoms with E-state index in [4.69, 9.17) is 4.74 Å². The minimum Gasteiger partial charge on any atom is -0.374 e. The Hall–Kier alpha value is -1.88. The lowest BCUT2D eigenvalue weighted by molar-refractivity contribution is -0.0706. The summed E-state index contributed by atoms with van der Waals surface area (Å²) in [5.41, 5.74) is 2.49. The molecule has 2 heterocycles. The van der Waals surface area contributed by atoms with E-state index < -0.39 is 0 Å². The number of hydrogen-bond donors (Lipinski definition) is 0. The average Bonchev–Trinajstić information content (AvgIpc) is 2.87. The number of fused-ring (bicyclic) bond motifs is 1. The van der Waals surface area contributed by atoms with Crippen molar-refractivity contribution in [1.29, 1.82) is 0 Å². The van der Waals surface area contributed by atoms with Gasteiger partial charge in [0.05, 0.1) is 35.6 Å². The number of ether oxygens (including phenoxy) is 1. The highest BCUT2D eigenvalue weighted by Crippen LogP contribution is 2.27. The molecule has 22 heavy (non-hydrogen) atoms. The summed E-state index contributed by atoms with van der Waals surface area (Å²) in [7, 11) is 1.92. The van der Waals surface area contributed by atoms with Gasteiger partial charge in [-0.1, -0.05) is 26.8 Å². The van der Waals surface area contributed by atoms with Crippen molar-refractivity contribution in [2.75, 3.05) is 19.7 Å². The summed E-state index contributed by atoms with van der Waals surface area (Å²) < 4.78 is 7.75. The van der Waals surface area contributed by atoms with Gasteiger partial charge >= 0.3 is 0 Å². The van der Waals surface area contributed by atoms with Crippen LogP contribution in [0.5, 0.6) is 0 Å². The highest BCUT2D eigenvalue weighted by Gasteiger charge is 2.33. The van der Waals surface area contributed by atoms with Crippen LogP contribution in [-0.2, 0) is 11.8 Å². The van der Waals surface area contributed by atoms with Gasteiger partial charge in [0.15, 0.2) is 0 Å². The third kappa shape index (κ3) is 2.61. The third-order valence-corrected chi connectivity index (χ3v) is 4.29. The number of para-hydroxylation sites is 1. The number of carbonyl (C=O) groups excluding carboxylic acids is 1. The lowest BCUT2D eigenvalue weighted by Gasteiger charge is -2.39. The van der Waals surface area contributed by atoms with Gasteiger partial charge in [0.25, 0.3) is 5.91 Å². The summed E-state index contributed by atoms with van der Waals surface area (Å²) in [5.74, 6) is 0.0618. The molecular weight excluding hydrogens is 278 g/mol. The Bertz CT molecular complexity index is 699. The highest BCUT2D eigenvalue weighted by atomic mass is 16.5. The van der Waals surface area contributed by atoms with Gasteiger partial charge in [0, 0.05) is 20.1 Å². The van der Waals surface area contributed by atoms with E-state index in [0.29, 0.717) is 25.3 Å². The van der Waals surface area contributed by atoms with Crippen molar-refractivity contribution in [3.8, 4) is 0 Å². The molecule has 1 aliphatic rings. The second-order valence-electron chi connectivity index (χ2n) is 7.01. The maximum absolute atomic E-state index is 13.0. The maximum atomic E-state index is 13.0. The van der Waals surface area contributed by atoms with Crippen molar-refractivity contribution < 1.29 is 9.53 Å². The number of carbonyl (C=O) groups is 1. The number of morpholine rings is 1. The fourth-order valence-corrected chi connectivity index (χ4v) is 2.91. The molecule has 1 amide bonds. The van der Waals surface area contributed by atoms with E-state index in [9.17, 15) is 4.79 Å². The normalized spacial score (nSPS) is 19.6. The molecule has 1 aliphatic heterocycles. The fraction of sp³-hybridized carbons (Fsp3) is 0.529. The van der Waals surface area contributed by atoms with E-state index in [2.05, 4.69) is 25.8 Å². The molecule has 5 nitrogen and oxygen atoms in total. The molecule has 0 aliphatic carbocycles.